The van der Waals surface area contributed by atoms with E-state index < -0.39 is 5.97 Å². The minimum Gasteiger partial charge on any atom is -0.493 e. The number of hydrogen-bond donors (Lipinski definition) is 0. The van der Waals surface area contributed by atoms with Gasteiger partial charge in [-0.1, -0.05) is 30.3 Å². The van der Waals surface area contributed by atoms with Crippen LogP contribution in [0.1, 0.15) is 11.1 Å². The molecule has 0 saturated carbocycles. The third kappa shape index (κ3) is 4.54. The van der Waals surface area contributed by atoms with Crippen molar-refractivity contribution in [3.05, 3.63) is 59.2 Å². The van der Waals surface area contributed by atoms with Crippen LogP contribution < -0.4 is 14.2 Å². The zero-order valence-electron chi connectivity index (χ0n) is 14.8. The number of carbonyl (C=O) groups excluding carboxylic acids is 1. The first-order valence-electron chi connectivity index (χ1n) is 7.75. The van der Waals surface area contributed by atoms with Crippen LogP contribution >= 0.6 is 0 Å². The highest BCUT2D eigenvalue weighted by atomic mass is 16.5. The average molecular weight is 353 g/mol. The van der Waals surface area contributed by atoms with Crippen molar-refractivity contribution in [2.45, 2.75) is 6.61 Å². The Morgan fingerprint density at radius 1 is 1.04 bits per heavy atom. The van der Waals surface area contributed by atoms with Gasteiger partial charge in [-0.25, -0.2) is 4.79 Å². The summed E-state index contributed by atoms with van der Waals surface area (Å²) in [6, 6.07) is 14.4. The number of benzene rings is 2. The highest BCUT2D eigenvalue weighted by molar-refractivity contribution is 5.98. The molecule has 26 heavy (non-hydrogen) atoms. The molecule has 0 fully saturated rings. The number of ether oxygens (including phenoxy) is 4. The van der Waals surface area contributed by atoms with E-state index in [4.69, 9.17) is 18.9 Å². The first-order valence-corrected chi connectivity index (χ1v) is 7.75. The molecule has 6 heteroatoms. The van der Waals surface area contributed by atoms with Gasteiger partial charge in [-0.3, -0.25) is 0 Å². The van der Waals surface area contributed by atoms with Crippen LogP contribution in [0.5, 0.6) is 17.2 Å². The summed E-state index contributed by atoms with van der Waals surface area (Å²) < 4.78 is 21.0. The molecule has 134 valence electrons. The lowest BCUT2D eigenvalue weighted by Gasteiger charge is -2.13. The van der Waals surface area contributed by atoms with E-state index in [9.17, 15) is 10.1 Å². The Balaban J connectivity index is 2.24. The van der Waals surface area contributed by atoms with Gasteiger partial charge in [0.05, 0.1) is 21.3 Å². The molecule has 0 aliphatic rings. The molecule has 6 nitrogen and oxygen atoms in total. The summed E-state index contributed by atoms with van der Waals surface area (Å²) >= 11 is 0. The highest BCUT2D eigenvalue weighted by Crippen LogP contribution is 2.38. The fraction of sp³-hybridized carbons (Fsp3) is 0.200. The molecular formula is C20H19NO5. The largest absolute Gasteiger partial charge is 0.493 e. The molecule has 0 amide bonds. The third-order valence-corrected chi connectivity index (χ3v) is 3.55. The zero-order valence-corrected chi connectivity index (χ0v) is 14.8. The van der Waals surface area contributed by atoms with Crippen LogP contribution in [-0.2, 0) is 16.1 Å². The molecule has 0 aromatic heterocycles. The number of methoxy groups -OCH3 is 3. The molecule has 0 bridgehead atoms. The first kappa shape index (κ1) is 18.9. The van der Waals surface area contributed by atoms with Gasteiger partial charge in [0, 0.05) is 0 Å². The number of nitrogens with zero attached hydrogens (tertiary/aromatic N) is 1. The number of rotatable bonds is 7. The van der Waals surface area contributed by atoms with E-state index in [0.717, 1.165) is 5.56 Å². The summed E-state index contributed by atoms with van der Waals surface area (Å²) in [6.45, 7) is 0.0912. The monoisotopic (exact) mass is 353 g/mol. The summed E-state index contributed by atoms with van der Waals surface area (Å²) in [4.78, 5) is 12.2. The zero-order chi connectivity index (χ0) is 18.9. The maximum Gasteiger partial charge on any atom is 0.349 e. The molecule has 0 aliphatic heterocycles. The van der Waals surface area contributed by atoms with Gasteiger partial charge in [0.2, 0.25) is 5.75 Å². The van der Waals surface area contributed by atoms with Crippen LogP contribution in [0.15, 0.2) is 48.0 Å². The Bertz CT molecular complexity index is 812. The van der Waals surface area contributed by atoms with Crippen LogP contribution in [0.3, 0.4) is 0 Å². The molecule has 2 aromatic rings. The average Bonchev–Trinajstić information content (AvgIpc) is 2.69. The Labute approximate surface area is 152 Å². The quantitative estimate of drug-likeness (QED) is 0.431. The Hall–Kier alpha value is -3.46. The molecule has 0 atom stereocenters. The minimum atomic E-state index is -0.704. The normalized spacial score (nSPS) is 10.6. The molecule has 0 radical (unpaired) electrons. The van der Waals surface area contributed by atoms with Gasteiger partial charge in [0.15, 0.2) is 11.5 Å². The molecule has 0 spiro atoms. The van der Waals surface area contributed by atoms with Crippen molar-refractivity contribution in [2.24, 2.45) is 0 Å². The maximum absolute atomic E-state index is 12.2. The fourth-order valence-electron chi connectivity index (χ4n) is 2.29. The highest BCUT2D eigenvalue weighted by Gasteiger charge is 2.15. The van der Waals surface area contributed by atoms with Crippen molar-refractivity contribution in [1.82, 2.24) is 0 Å². The lowest BCUT2D eigenvalue weighted by atomic mass is 10.1. The predicted molar refractivity (Wildman–Crippen MR) is 95.9 cm³/mol. The SMILES string of the molecule is COc1cc(/C=C(/C#N)C(=O)OCc2ccccc2)cc(OC)c1OC. The van der Waals surface area contributed by atoms with Gasteiger partial charge in [0.1, 0.15) is 18.2 Å². The first-order chi connectivity index (χ1) is 12.6. The molecule has 2 rings (SSSR count). The summed E-state index contributed by atoms with van der Waals surface area (Å²) in [5.41, 5.74) is 1.26. The second-order valence-corrected chi connectivity index (χ2v) is 5.19. The molecule has 0 N–H and O–H groups in total. The van der Waals surface area contributed by atoms with Crippen molar-refractivity contribution < 1.29 is 23.7 Å². The predicted octanol–water partition coefficient (Wildman–Crippen LogP) is 3.36. The van der Waals surface area contributed by atoms with Gasteiger partial charge in [-0.15, -0.1) is 0 Å². The number of nitriles is 1. The van der Waals surface area contributed by atoms with Crippen molar-refractivity contribution in [2.75, 3.05) is 21.3 Å². The van der Waals surface area contributed by atoms with Gasteiger partial charge in [0.25, 0.3) is 0 Å². The lowest BCUT2D eigenvalue weighted by Crippen LogP contribution is -2.07. The Kier molecular flexibility index (Phi) is 6.63. The van der Waals surface area contributed by atoms with Gasteiger partial charge < -0.3 is 18.9 Å². The van der Waals surface area contributed by atoms with E-state index in [-0.39, 0.29) is 12.2 Å². The molecule has 0 heterocycles. The second-order valence-electron chi connectivity index (χ2n) is 5.19. The van der Waals surface area contributed by atoms with E-state index in [1.54, 1.807) is 12.1 Å². The van der Waals surface area contributed by atoms with E-state index in [0.29, 0.717) is 22.8 Å². The van der Waals surface area contributed by atoms with E-state index >= 15 is 0 Å². The minimum absolute atomic E-state index is 0.0912. The van der Waals surface area contributed by atoms with Crippen molar-refractivity contribution in [1.29, 1.82) is 5.26 Å². The van der Waals surface area contributed by atoms with E-state index in [2.05, 4.69) is 0 Å². The number of carbonyl (C=O) groups is 1. The summed E-state index contributed by atoms with van der Waals surface area (Å²) in [7, 11) is 4.48. The van der Waals surface area contributed by atoms with E-state index in [1.165, 1.54) is 27.4 Å². The molecule has 0 saturated heterocycles. The molecule has 0 aliphatic carbocycles. The van der Waals surface area contributed by atoms with Crippen LogP contribution in [0.2, 0.25) is 0 Å². The summed E-state index contributed by atoms with van der Waals surface area (Å²) in [6.07, 6.45) is 1.41. The van der Waals surface area contributed by atoms with E-state index in [1.807, 2.05) is 36.4 Å². The van der Waals surface area contributed by atoms with Crippen molar-refractivity contribution in [3.8, 4) is 23.3 Å². The second kappa shape index (κ2) is 9.14. The lowest BCUT2D eigenvalue weighted by molar-refractivity contribution is -0.139. The topological polar surface area (TPSA) is 77.8 Å². The van der Waals surface area contributed by atoms with Gasteiger partial charge in [-0.2, -0.15) is 5.26 Å². The third-order valence-electron chi connectivity index (χ3n) is 3.55. The Morgan fingerprint density at radius 2 is 1.65 bits per heavy atom. The van der Waals surface area contributed by atoms with Crippen molar-refractivity contribution in [3.63, 3.8) is 0 Å². The standard InChI is InChI=1S/C20H19NO5/c1-23-17-10-15(11-18(24-2)19(17)25-3)9-16(12-21)20(22)26-13-14-7-5-4-6-8-14/h4-11H,13H2,1-3H3/b16-9-. The smallest absolute Gasteiger partial charge is 0.349 e. The number of hydrogen-bond acceptors (Lipinski definition) is 6. The maximum atomic E-state index is 12.2. The van der Waals surface area contributed by atoms with Gasteiger partial charge >= 0.3 is 5.97 Å². The van der Waals surface area contributed by atoms with Crippen LogP contribution in [0.4, 0.5) is 0 Å². The molecular weight excluding hydrogens is 334 g/mol. The fourth-order valence-corrected chi connectivity index (χ4v) is 2.29. The van der Waals surface area contributed by atoms with Crippen LogP contribution in [0, 0.1) is 11.3 Å². The molecule has 0 unspecified atom stereocenters. The van der Waals surface area contributed by atoms with Crippen LogP contribution in [-0.4, -0.2) is 27.3 Å². The summed E-state index contributed by atoms with van der Waals surface area (Å²) in [5.74, 6) is 0.573. The van der Waals surface area contributed by atoms with Crippen LogP contribution in [0.25, 0.3) is 6.08 Å². The van der Waals surface area contributed by atoms with Crippen molar-refractivity contribution >= 4 is 12.0 Å². The summed E-state index contributed by atoms with van der Waals surface area (Å²) in [5, 5.41) is 9.30. The number of esters is 1. The van der Waals surface area contributed by atoms with Gasteiger partial charge in [-0.05, 0) is 29.3 Å². The molecule has 2 aromatic carbocycles. The Morgan fingerprint density at radius 3 is 2.15 bits per heavy atom.